The molecule has 2 aromatic heterocycles. The van der Waals surface area contributed by atoms with Crippen molar-refractivity contribution < 1.29 is 14.3 Å². The van der Waals surface area contributed by atoms with Gasteiger partial charge in [0.1, 0.15) is 5.82 Å². The van der Waals surface area contributed by atoms with Crippen LogP contribution in [0.25, 0.3) is 22.8 Å². The van der Waals surface area contributed by atoms with E-state index in [9.17, 15) is 14.3 Å². The van der Waals surface area contributed by atoms with Gasteiger partial charge in [-0.05, 0) is 43.1 Å². The third-order valence-corrected chi connectivity index (χ3v) is 5.92. The number of aromatic amines is 1. The zero-order chi connectivity index (χ0) is 21.0. The number of hydrogen-bond acceptors (Lipinski definition) is 5. The van der Waals surface area contributed by atoms with Crippen LogP contribution in [0, 0.1) is 5.82 Å². The lowest BCUT2D eigenvalue weighted by Gasteiger charge is -2.45. The van der Waals surface area contributed by atoms with Crippen molar-refractivity contribution in [3.8, 4) is 22.8 Å². The number of rotatable bonds is 4. The Hall–Kier alpha value is -3.10. The number of likely N-dealkylation sites (tertiary alicyclic amines) is 1. The summed E-state index contributed by atoms with van der Waals surface area (Å²) in [7, 11) is 1.99. The maximum atomic E-state index is 13.7. The second-order valence-electron chi connectivity index (χ2n) is 8.43. The van der Waals surface area contributed by atoms with Crippen LogP contribution in [0.2, 0.25) is 0 Å². The smallest absolute Gasteiger partial charge is 0.337 e. The number of likely N-dealkylation sites (N-methyl/N-ethyl adjacent to an activating group) is 1. The molecule has 7 nitrogen and oxygen atoms in total. The Morgan fingerprint density at radius 1 is 1.37 bits per heavy atom. The topological polar surface area (TPSA) is 108 Å². The number of nitrogens with two attached hydrogens (primary N) is 1. The second kappa shape index (κ2) is 6.72. The van der Waals surface area contributed by atoms with E-state index in [0.29, 0.717) is 53.3 Å². The van der Waals surface area contributed by atoms with Crippen LogP contribution in [0.3, 0.4) is 0 Å². The number of carboxylic acids is 1. The first-order chi connectivity index (χ1) is 14.3. The number of carbonyl (C=O) groups is 1. The van der Waals surface area contributed by atoms with Crippen LogP contribution in [-0.2, 0) is 19.3 Å². The fourth-order valence-corrected chi connectivity index (χ4v) is 4.76. The predicted molar refractivity (Wildman–Crippen MR) is 110 cm³/mol. The van der Waals surface area contributed by atoms with Crippen molar-refractivity contribution >= 4 is 5.97 Å². The minimum Gasteiger partial charge on any atom is -0.478 e. The van der Waals surface area contributed by atoms with Crippen molar-refractivity contribution in [3.05, 3.63) is 58.7 Å². The number of fused-ring (bicyclic) bond motifs is 3. The van der Waals surface area contributed by atoms with Gasteiger partial charge < -0.3 is 20.7 Å². The van der Waals surface area contributed by atoms with E-state index >= 15 is 0 Å². The van der Waals surface area contributed by atoms with Gasteiger partial charge in [-0.1, -0.05) is 12.1 Å². The maximum Gasteiger partial charge on any atom is 0.337 e. The van der Waals surface area contributed by atoms with E-state index in [-0.39, 0.29) is 5.82 Å². The first-order valence-corrected chi connectivity index (χ1v) is 9.90. The van der Waals surface area contributed by atoms with Gasteiger partial charge in [0, 0.05) is 42.5 Å². The summed E-state index contributed by atoms with van der Waals surface area (Å²) in [5.74, 6) is -0.907. The molecule has 1 saturated heterocycles. The zero-order valence-corrected chi connectivity index (χ0v) is 16.6. The highest BCUT2D eigenvalue weighted by molar-refractivity contribution is 5.94. The summed E-state index contributed by atoms with van der Waals surface area (Å²) in [6.45, 7) is 1.44. The standard InChI is InChI=1S/C22H22FN5O2/c1-28-10-22(24,11-28)8-16-17(21(29)30)15-6-5-13-9-25-20(27-18(13)19(15)26-16)12-3-2-4-14(23)7-12/h2-4,7,9,26H,5-6,8,10-11,24H2,1H3,(H,29,30). The molecular formula is C22H22FN5O2. The van der Waals surface area contributed by atoms with Crippen LogP contribution in [-0.4, -0.2) is 56.6 Å². The highest BCUT2D eigenvalue weighted by Crippen LogP contribution is 2.37. The van der Waals surface area contributed by atoms with Crippen molar-refractivity contribution in [2.24, 2.45) is 5.73 Å². The van der Waals surface area contributed by atoms with Crippen molar-refractivity contribution in [1.29, 1.82) is 0 Å². The van der Waals surface area contributed by atoms with Crippen molar-refractivity contribution in [3.63, 3.8) is 0 Å². The third-order valence-electron chi connectivity index (χ3n) is 5.92. The van der Waals surface area contributed by atoms with Gasteiger partial charge in [0.15, 0.2) is 5.82 Å². The molecule has 5 rings (SSSR count). The molecule has 0 saturated carbocycles. The lowest BCUT2D eigenvalue weighted by atomic mass is 9.85. The number of H-pyrrole nitrogens is 1. The first kappa shape index (κ1) is 18.9. The number of benzene rings is 1. The number of nitrogens with one attached hydrogen (secondary N) is 1. The molecule has 8 heteroatoms. The summed E-state index contributed by atoms with van der Waals surface area (Å²) in [5.41, 5.74) is 10.6. The van der Waals surface area contributed by atoms with Gasteiger partial charge in [-0.25, -0.2) is 19.2 Å². The van der Waals surface area contributed by atoms with E-state index < -0.39 is 11.5 Å². The SMILES string of the molecule is CN1CC(N)(Cc2[nH]c3c(c2C(=O)O)CCc2cnc(-c4cccc(F)c4)nc2-3)C1. The average molecular weight is 407 g/mol. The molecule has 3 heterocycles. The van der Waals surface area contributed by atoms with Crippen LogP contribution in [0.1, 0.15) is 27.2 Å². The van der Waals surface area contributed by atoms with Gasteiger partial charge in [-0.2, -0.15) is 0 Å². The van der Waals surface area contributed by atoms with Crippen molar-refractivity contribution in [1.82, 2.24) is 19.9 Å². The first-order valence-electron chi connectivity index (χ1n) is 9.90. The van der Waals surface area contributed by atoms with Crippen LogP contribution >= 0.6 is 0 Å². The molecule has 1 aliphatic heterocycles. The molecule has 0 amide bonds. The summed E-state index contributed by atoms with van der Waals surface area (Å²) >= 11 is 0. The van der Waals surface area contributed by atoms with Crippen LogP contribution in [0.15, 0.2) is 30.5 Å². The number of carboxylic acid groups (broad SMARTS) is 1. The minimum atomic E-state index is -0.957. The fraction of sp³-hybridized carbons (Fsp3) is 0.318. The third kappa shape index (κ3) is 3.09. The second-order valence-corrected chi connectivity index (χ2v) is 8.43. The number of aromatic nitrogens is 3. The molecule has 0 bridgehead atoms. The quantitative estimate of drug-likeness (QED) is 0.612. The molecule has 1 aromatic carbocycles. The Morgan fingerprint density at radius 2 is 2.17 bits per heavy atom. The Kier molecular flexibility index (Phi) is 4.23. The molecule has 3 aromatic rings. The van der Waals surface area contributed by atoms with E-state index in [4.69, 9.17) is 5.73 Å². The zero-order valence-electron chi connectivity index (χ0n) is 16.6. The molecule has 2 aliphatic rings. The van der Waals surface area contributed by atoms with Gasteiger partial charge in [0.05, 0.1) is 17.0 Å². The van der Waals surface area contributed by atoms with Gasteiger partial charge in [0.2, 0.25) is 0 Å². The van der Waals surface area contributed by atoms with Crippen LogP contribution in [0.5, 0.6) is 0 Å². The lowest BCUT2D eigenvalue weighted by Crippen LogP contribution is -2.67. The summed E-state index contributed by atoms with van der Waals surface area (Å²) < 4.78 is 13.7. The summed E-state index contributed by atoms with van der Waals surface area (Å²) in [6.07, 6.45) is 3.46. The van der Waals surface area contributed by atoms with E-state index in [2.05, 4.69) is 19.9 Å². The Labute approximate surface area is 172 Å². The Bertz CT molecular complexity index is 1170. The van der Waals surface area contributed by atoms with E-state index in [0.717, 1.165) is 24.2 Å². The maximum absolute atomic E-state index is 13.7. The van der Waals surface area contributed by atoms with Crippen molar-refractivity contribution in [2.75, 3.05) is 20.1 Å². The molecule has 0 spiro atoms. The molecule has 4 N–H and O–H groups in total. The monoisotopic (exact) mass is 407 g/mol. The van der Waals surface area contributed by atoms with Gasteiger partial charge in [0.25, 0.3) is 0 Å². The fourth-order valence-electron chi connectivity index (χ4n) is 4.76. The van der Waals surface area contributed by atoms with E-state index in [1.54, 1.807) is 18.3 Å². The number of aryl methyl sites for hydroxylation is 1. The van der Waals surface area contributed by atoms with Gasteiger partial charge >= 0.3 is 5.97 Å². The van der Waals surface area contributed by atoms with Gasteiger partial charge in [-0.15, -0.1) is 0 Å². The van der Waals surface area contributed by atoms with Crippen LogP contribution < -0.4 is 5.73 Å². The number of aromatic carboxylic acids is 1. The van der Waals surface area contributed by atoms with Crippen LogP contribution in [0.4, 0.5) is 4.39 Å². The Morgan fingerprint density at radius 3 is 2.87 bits per heavy atom. The molecule has 1 aliphatic carbocycles. The predicted octanol–water partition coefficient (Wildman–Crippen LogP) is 2.26. The molecule has 0 unspecified atom stereocenters. The molecule has 30 heavy (non-hydrogen) atoms. The number of hydrogen-bond donors (Lipinski definition) is 3. The number of nitrogens with zero attached hydrogens (tertiary/aromatic N) is 3. The highest BCUT2D eigenvalue weighted by atomic mass is 19.1. The normalized spacial score (nSPS) is 17.2. The van der Waals surface area contributed by atoms with E-state index in [1.165, 1.54) is 12.1 Å². The molecule has 1 fully saturated rings. The molecule has 154 valence electrons. The highest BCUT2D eigenvalue weighted by Gasteiger charge is 2.40. The van der Waals surface area contributed by atoms with Gasteiger partial charge in [-0.3, -0.25) is 0 Å². The summed E-state index contributed by atoms with van der Waals surface area (Å²) in [6, 6.07) is 6.13. The van der Waals surface area contributed by atoms with Crippen molar-refractivity contribution in [2.45, 2.75) is 24.8 Å². The molecule has 0 radical (unpaired) electrons. The number of halogens is 1. The summed E-state index contributed by atoms with van der Waals surface area (Å²) in [4.78, 5) is 26.6. The lowest BCUT2D eigenvalue weighted by molar-refractivity contribution is 0.0691. The average Bonchev–Trinajstić information content (AvgIpc) is 3.04. The molecule has 0 atom stereocenters. The summed E-state index contributed by atoms with van der Waals surface area (Å²) in [5, 5.41) is 9.92. The van der Waals surface area contributed by atoms with E-state index in [1.807, 2.05) is 7.05 Å². The largest absolute Gasteiger partial charge is 0.478 e. The molecular weight excluding hydrogens is 385 g/mol. The Balaban J connectivity index is 1.60. The minimum absolute atomic E-state index is 0.306.